The van der Waals surface area contributed by atoms with Crippen LogP contribution in [0.5, 0.6) is 0 Å². The summed E-state index contributed by atoms with van der Waals surface area (Å²) in [6.07, 6.45) is 3.12. The van der Waals surface area contributed by atoms with Crippen LogP contribution < -0.4 is 11.1 Å². The Labute approximate surface area is 126 Å². The van der Waals surface area contributed by atoms with Crippen molar-refractivity contribution in [1.82, 2.24) is 10.3 Å². The zero-order chi connectivity index (χ0) is 14.4. The number of nitrogens with two attached hydrogens (primary N) is 1. The van der Waals surface area contributed by atoms with Gasteiger partial charge in [0.05, 0.1) is 28.6 Å². The standard InChI is InChI=1S/C14H12ClN3OS/c15-13-4-3-11(20-13)9-18-14(19)12-5-7-17-8-10(12)2-1-6-16/h3-5,7-8H,6,9,16H2,(H,18,19). The molecule has 4 nitrogen and oxygen atoms in total. The molecule has 0 unspecified atom stereocenters. The van der Waals surface area contributed by atoms with Crippen molar-refractivity contribution in [3.05, 3.63) is 50.9 Å². The Morgan fingerprint density at radius 3 is 3.00 bits per heavy atom. The van der Waals surface area contributed by atoms with Gasteiger partial charge in [0.25, 0.3) is 5.91 Å². The fourth-order valence-electron chi connectivity index (χ4n) is 1.55. The van der Waals surface area contributed by atoms with Gasteiger partial charge in [-0.15, -0.1) is 11.3 Å². The minimum atomic E-state index is -0.196. The molecule has 0 fully saturated rings. The van der Waals surface area contributed by atoms with Gasteiger partial charge in [0.15, 0.2) is 0 Å². The number of nitrogens with zero attached hydrogens (tertiary/aromatic N) is 1. The third-order valence-electron chi connectivity index (χ3n) is 2.44. The van der Waals surface area contributed by atoms with Crippen LogP contribution in [0.3, 0.4) is 0 Å². The molecule has 6 heteroatoms. The second kappa shape index (κ2) is 7.06. The summed E-state index contributed by atoms with van der Waals surface area (Å²) in [7, 11) is 0. The first-order valence-electron chi connectivity index (χ1n) is 5.86. The highest BCUT2D eigenvalue weighted by atomic mass is 35.5. The second-order valence-corrected chi connectivity index (χ2v) is 5.62. The van der Waals surface area contributed by atoms with E-state index in [9.17, 15) is 4.79 Å². The maximum Gasteiger partial charge on any atom is 0.252 e. The summed E-state index contributed by atoms with van der Waals surface area (Å²) >= 11 is 7.28. The normalized spacial score (nSPS) is 9.70. The van der Waals surface area contributed by atoms with Gasteiger partial charge in [0.1, 0.15) is 0 Å². The van der Waals surface area contributed by atoms with E-state index in [1.807, 2.05) is 6.07 Å². The van der Waals surface area contributed by atoms with Crippen molar-refractivity contribution in [2.45, 2.75) is 6.54 Å². The van der Waals surface area contributed by atoms with Gasteiger partial charge < -0.3 is 11.1 Å². The lowest BCUT2D eigenvalue weighted by Crippen LogP contribution is -2.23. The number of hydrogen-bond acceptors (Lipinski definition) is 4. The van der Waals surface area contributed by atoms with Crippen LogP contribution in [0, 0.1) is 11.8 Å². The Bertz CT molecular complexity index is 672. The predicted molar refractivity (Wildman–Crippen MR) is 80.7 cm³/mol. The fraction of sp³-hybridized carbons (Fsp3) is 0.143. The first-order chi connectivity index (χ1) is 9.70. The highest BCUT2D eigenvalue weighted by Crippen LogP contribution is 2.21. The van der Waals surface area contributed by atoms with E-state index in [0.29, 0.717) is 22.0 Å². The van der Waals surface area contributed by atoms with Crippen molar-refractivity contribution in [3.63, 3.8) is 0 Å². The molecule has 0 atom stereocenters. The zero-order valence-corrected chi connectivity index (χ0v) is 12.1. The van der Waals surface area contributed by atoms with Gasteiger partial charge in [-0.1, -0.05) is 23.4 Å². The fourth-order valence-corrected chi connectivity index (χ4v) is 2.57. The zero-order valence-electron chi connectivity index (χ0n) is 10.5. The molecular weight excluding hydrogens is 294 g/mol. The van der Waals surface area contributed by atoms with E-state index < -0.39 is 0 Å². The third kappa shape index (κ3) is 3.81. The van der Waals surface area contributed by atoms with Crippen LogP contribution in [-0.4, -0.2) is 17.4 Å². The Hall–Kier alpha value is -1.87. The van der Waals surface area contributed by atoms with Gasteiger partial charge in [0, 0.05) is 17.3 Å². The number of hydrogen-bond donors (Lipinski definition) is 2. The van der Waals surface area contributed by atoms with E-state index in [0.717, 1.165) is 4.88 Å². The molecular formula is C14H12ClN3OS. The van der Waals surface area contributed by atoms with Gasteiger partial charge in [-0.05, 0) is 18.2 Å². The van der Waals surface area contributed by atoms with Gasteiger partial charge in [-0.2, -0.15) is 0 Å². The van der Waals surface area contributed by atoms with Gasteiger partial charge in [0.2, 0.25) is 0 Å². The minimum absolute atomic E-state index is 0.196. The van der Waals surface area contributed by atoms with E-state index in [2.05, 4.69) is 22.1 Å². The summed E-state index contributed by atoms with van der Waals surface area (Å²) in [5.74, 6) is 5.36. The van der Waals surface area contributed by atoms with Crippen LogP contribution in [0.15, 0.2) is 30.6 Å². The van der Waals surface area contributed by atoms with Crippen molar-refractivity contribution in [2.75, 3.05) is 6.54 Å². The summed E-state index contributed by atoms with van der Waals surface area (Å²) in [6.45, 7) is 0.673. The van der Waals surface area contributed by atoms with E-state index in [1.54, 1.807) is 24.5 Å². The van der Waals surface area contributed by atoms with E-state index in [-0.39, 0.29) is 12.5 Å². The van der Waals surface area contributed by atoms with Crippen molar-refractivity contribution in [1.29, 1.82) is 0 Å². The molecule has 0 aromatic carbocycles. The molecule has 3 N–H and O–H groups in total. The Morgan fingerprint density at radius 2 is 2.30 bits per heavy atom. The minimum Gasteiger partial charge on any atom is -0.347 e. The maximum atomic E-state index is 12.1. The van der Waals surface area contributed by atoms with Crippen molar-refractivity contribution >= 4 is 28.8 Å². The predicted octanol–water partition coefficient (Wildman–Crippen LogP) is 2.04. The summed E-state index contributed by atoms with van der Waals surface area (Å²) in [4.78, 5) is 17.1. The highest BCUT2D eigenvalue weighted by Gasteiger charge is 2.10. The number of carbonyl (C=O) groups is 1. The Kier molecular flexibility index (Phi) is 5.13. The molecule has 102 valence electrons. The van der Waals surface area contributed by atoms with Crippen LogP contribution in [0.25, 0.3) is 0 Å². The van der Waals surface area contributed by atoms with Crippen LogP contribution in [0.4, 0.5) is 0 Å². The smallest absolute Gasteiger partial charge is 0.252 e. The summed E-state index contributed by atoms with van der Waals surface area (Å²) < 4.78 is 0.702. The molecule has 0 saturated heterocycles. The number of carbonyl (C=O) groups excluding carboxylic acids is 1. The molecule has 2 aromatic rings. The Morgan fingerprint density at radius 1 is 1.45 bits per heavy atom. The first kappa shape index (κ1) is 14.5. The SMILES string of the molecule is NCC#Cc1cnccc1C(=O)NCc1ccc(Cl)s1. The van der Waals surface area contributed by atoms with Crippen molar-refractivity contribution in [3.8, 4) is 11.8 Å². The number of pyridine rings is 1. The molecule has 0 bridgehead atoms. The summed E-state index contributed by atoms with van der Waals surface area (Å²) in [6, 6.07) is 5.32. The monoisotopic (exact) mass is 305 g/mol. The average Bonchev–Trinajstić information content (AvgIpc) is 2.88. The molecule has 0 aliphatic carbocycles. The lowest BCUT2D eigenvalue weighted by Gasteiger charge is -2.05. The average molecular weight is 306 g/mol. The quantitative estimate of drug-likeness (QED) is 0.853. The molecule has 2 rings (SSSR count). The number of rotatable bonds is 3. The van der Waals surface area contributed by atoms with Gasteiger partial charge in [-0.25, -0.2) is 0 Å². The van der Waals surface area contributed by atoms with Crippen LogP contribution in [-0.2, 0) is 6.54 Å². The summed E-state index contributed by atoms with van der Waals surface area (Å²) in [5, 5.41) is 2.83. The van der Waals surface area contributed by atoms with Gasteiger partial charge >= 0.3 is 0 Å². The summed E-state index contributed by atoms with van der Waals surface area (Å²) in [5.41, 5.74) is 6.39. The van der Waals surface area contributed by atoms with E-state index >= 15 is 0 Å². The molecule has 0 radical (unpaired) electrons. The van der Waals surface area contributed by atoms with Crippen LogP contribution >= 0.6 is 22.9 Å². The molecule has 2 aromatic heterocycles. The Balaban J connectivity index is 2.09. The van der Waals surface area contributed by atoms with Gasteiger partial charge in [-0.3, -0.25) is 9.78 Å². The topological polar surface area (TPSA) is 68.0 Å². The second-order valence-electron chi connectivity index (χ2n) is 3.82. The molecule has 0 saturated carbocycles. The molecule has 20 heavy (non-hydrogen) atoms. The van der Waals surface area contributed by atoms with Crippen molar-refractivity contribution in [2.24, 2.45) is 5.73 Å². The number of halogens is 1. The lowest BCUT2D eigenvalue weighted by atomic mass is 10.1. The highest BCUT2D eigenvalue weighted by molar-refractivity contribution is 7.16. The number of aromatic nitrogens is 1. The van der Waals surface area contributed by atoms with Crippen LogP contribution in [0.2, 0.25) is 4.34 Å². The molecule has 0 aliphatic heterocycles. The molecule has 0 spiro atoms. The largest absolute Gasteiger partial charge is 0.347 e. The molecule has 2 heterocycles. The molecule has 0 aliphatic rings. The lowest BCUT2D eigenvalue weighted by molar-refractivity contribution is 0.0951. The number of amides is 1. The first-order valence-corrected chi connectivity index (χ1v) is 7.05. The number of nitrogens with one attached hydrogen (secondary N) is 1. The van der Waals surface area contributed by atoms with Crippen LogP contribution in [0.1, 0.15) is 20.8 Å². The number of thiophene rings is 1. The van der Waals surface area contributed by atoms with E-state index in [4.69, 9.17) is 17.3 Å². The third-order valence-corrected chi connectivity index (χ3v) is 3.67. The maximum absolute atomic E-state index is 12.1. The van der Waals surface area contributed by atoms with E-state index in [1.165, 1.54) is 11.3 Å². The van der Waals surface area contributed by atoms with Crippen molar-refractivity contribution < 1.29 is 4.79 Å². The molecule has 1 amide bonds.